The molecule has 0 saturated carbocycles. The second kappa shape index (κ2) is 6.44. The predicted molar refractivity (Wildman–Crippen MR) is 88.0 cm³/mol. The van der Waals surface area contributed by atoms with Crippen molar-refractivity contribution in [2.45, 2.75) is 4.90 Å². The van der Waals surface area contributed by atoms with Gasteiger partial charge in [0.2, 0.25) is 0 Å². The van der Waals surface area contributed by atoms with Crippen molar-refractivity contribution in [3.05, 3.63) is 50.9 Å². The minimum Gasteiger partial charge on any atom is -0.495 e. The first-order valence-corrected chi connectivity index (χ1v) is 8.68. The van der Waals surface area contributed by atoms with Crippen LogP contribution in [0.4, 0.5) is 5.69 Å². The van der Waals surface area contributed by atoms with Gasteiger partial charge in [-0.3, -0.25) is 4.72 Å². The van der Waals surface area contributed by atoms with E-state index in [2.05, 4.69) is 20.7 Å². The molecular formula is C13H10BrCl2NO3S. The van der Waals surface area contributed by atoms with Gasteiger partial charge in [-0.2, -0.15) is 0 Å². The zero-order chi connectivity index (χ0) is 15.6. The van der Waals surface area contributed by atoms with Gasteiger partial charge in [-0.15, -0.1) is 0 Å². The van der Waals surface area contributed by atoms with E-state index in [-0.39, 0.29) is 14.9 Å². The number of benzene rings is 2. The number of methoxy groups -OCH3 is 1. The number of ether oxygens (including phenoxy) is 1. The van der Waals surface area contributed by atoms with Crippen LogP contribution in [0.25, 0.3) is 0 Å². The fraction of sp³-hybridized carbons (Fsp3) is 0.0769. The van der Waals surface area contributed by atoms with Crippen molar-refractivity contribution in [2.24, 2.45) is 0 Å². The normalized spacial score (nSPS) is 11.2. The molecule has 0 radical (unpaired) electrons. The molecule has 0 aliphatic rings. The second-order valence-electron chi connectivity index (χ2n) is 4.02. The van der Waals surface area contributed by atoms with Crippen LogP contribution in [0.1, 0.15) is 0 Å². The third-order valence-corrected chi connectivity index (χ3v) is 5.16. The first-order chi connectivity index (χ1) is 9.83. The van der Waals surface area contributed by atoms with E-state index in [9.17, 15) is 8.42 Å². The maximum absolute atomic E-state index is 12.4. The SMILES string of the molecule is COc1ccc(Br)cc1NS(=O)(=O)c1cc(Cl)ccc1Cl. The molecule has 0 unspecified atom stereocenters. The summed E-state index contributed by atoms with van der Waals surface area (Å²) in [5, 5.41) is 0.363. The molecule has 0 fully saturated rings. The van der Waals surface area contributed by atoms with Gasteiger partial charge in [-0.05, 0) is 36.4 Å². The summed E-state index contributed by atoms with van der Waals surface area (Å²) in [5.74, 6) is 0.389. The number of sulfonamides is 1. The lowest BCUT2D eigenvalue weighted by molar-refractivity contribution is 0.417. The van der Waals surface area contributed by atoms with Gasteiger partial charge < -0.3 is 4.74 Å². The topological polar surface area (TPSA) is 55.4 Å². The first kappa shape index (κ1) is 16.4. The van der Waals surface area contributed by atoms with E-state index in [0.29, 0.717) is 15.9 Å². The van der Waals surface area contributed by atoms with Crippen molar-refractivity contribution < 1.29 is 13.2 Å². The number of anilines is 1. The van der Waals surface area contributed by atoms with Crippen molar-refractivity contribution in [3.8, 4) is 5.75 Å². The summed E-state index contributed by atoms with van der Waals surface area (Å²) in [7, 11) is -2.43. The monoisotopic (exact) mass is 409 g/mol. The molecule has 112 valence electrons. The Balaban J connectivity index is 2.47. The van der Waals surface area contributed by atoms with Gasteiger partial charge in [0.05, 0.1) is 17.8 Å². The lowest BCUT2D eigenvalue weighted by Gasteiger charge is -2.13. The van der Waals surface area contributed by atoms with Gasteiger partial charge in [-0.1, -0.05) is 39.1 Å². The van der Waals surface area contributed by atoms with Crippen molar-refractivity contribution >= 4 is 54.8 Å². The van der Waals surface area contributed by atoms with Crippen LogP contribution in [0.3, 0.4) is 0 Å². The molecular weight excluding hydrogens is 401 g/mol. The van der Waals surface area contributed by atoms with Crippen LogP contribution < -0.4 is 9.46 Å². The van der Waals surface area contributed by atoms with Crippen LogP contribution in [-0.2, 0) is 10.0 Å². The maximum atomic E-state index is 12.4. The average molecular weight is 411 g/mol. The lowest BCUT2D eigenvalue weighted by Crippen LogP contribution is -2.14. The molecule has 0 aromatic heterocycles. The summed E-state index contributed by atoms with van der Waals surface area (Å²) in [6.45, 7) is 0. The number of halogens is 3. The molecule has 2 rings (SSSR count). The first-order valence-electron chi connectivity index (χ1n) is 5.65. The quantitative estimate of drug-likeness (QED) is 0.803. The molecule has 4 nitrogen and oxygen atoms in total. The van der Waals surface area contributed by atoms with Gasteiger partial charge in [0.25, 0.3) is 10.0 Å². The Labute approximate surface area is 141 Å². The molecule has 0 aliphatic heterocycles. The Hall–Kier alpha value is -0.950. The zero-order valence-electron chi connectivity index (χ0n) is 10.7. The molecule has 21 heavy (non-hydrogen) atoms. The Morgan fingerprint density at radius 2 is 1.86 bits per heavy atom. The smallest absolute Gasteiger partial charge is 0.263 e. The summed E-state index contributed by atoms with van der Waals surface area (Å²) < 4.78 is 33.1. The largest absolute Gasteiger partial charge is 0.495 e. The summed E-state index contributed by atoms with van der Waals surface area (Å²) in [6, 6.07) is 9.20. The van der Waals surface area contributed by atoms with Crippen LogP contribution >= 0.6 is 39.1 Å². The van der Waals surface area contributed by atoms with Crippen molar-refractivity contribution in [2.75, 3.05) is 11.8 Å². The summed E-state index contributed by atoms with van der Waals surface area (Å²) in [5.41, 5.74) is 0.294. The number of hydrogen-bond donors (Lipinski definition) is 1. The van der Waals surface area contributed by atoms with Gasteiger partial charge >= 0.3 is 0 Å². The fourth-order valence-electron chi connectivity index (χ4n) is 1.64. The maximum Gasteiger partial charge on any atom is 0.263 e. The Morgan fingerprint density at radius 1 is 1.14 bits per heavy atom. The van der Waals surface area contributed by atoms with Crippen molar-refractivity contribution in [1.29, 1.82) is 0 Å². The van der Waals surface area contributed by atoms with Gasteiger partial charge in [0.15, 0.2) is 0 Å². The van der Waals surface area contributed by atoms with E-state index in [1.54, 1.807) is 18.2 Å². The van der Waals surface area contributed by atoms with Crippen LogP contribution in [0.5, 0.6) is 5.75 Å². The average Bonchev–Trinajstić information content (AvgIpc) is 2.41. The van der Waals surface area contributed by atoms with Gasteiger partial charge in [0.1, 0.15) is 10.6 Å². The van der Waals surface area contributed by atoms with Gasteiger partial charge in [0, 0.05) is 9.50 Å². The molecule has 0 amide bonds. The highest BCUT2D eigenvalue weighted by Crippen LogP contribution is 2.32. The van der Waals surface area contributed by atoms with Crippen molar-refractivity contribution in [1.82, 2.24) is 0 Å². The molecule has 0 spiro atoms. The molecule has 0 bridgehead atoms. The molecule has 0 atom stereocenters. The van der Waals surface area contributed by atoms with E-state index in [1.165, 1.54) is 25.3 Å². The van der Waals surface area contributed by atoms with E-state index in [0.717, 1.165) is 0 Å². The highest BCUT2D eigenvalue weighted by molar-refractivity contribution is 9.10. The van der Waals surface area contributed by atoms with Crippen LogP contribution in [-0.4, -0.2) is 15.5 Å². The van der Waals surface area contributed by atoms with Gasteiger partial charge in [-0.25, -0.2) is 8.42 Å². The van der Waals surface area contributed by atoms with Crippen molar-refractivity contribution in [3.63, 3.8) is 0 Å². The zero-order valence-corrected chi connectivity index (χ0v) is 14.6. The highest BCUT2D eigenvalue weighted by atomic mass is 79.9. The molecule has 0 heterocycles. The predicted octanol–water partition coefficient (Wildman–Crippen LogP) is 4.57. The summed E-state index contributed by atoms with van der Waals surface area (Å²) in [6.07, 6.45) is 0. The Kier molecular flexibility index (Phi) is 5.03. The van der Waals surface area contributed by atoms with Crippen LogP contribution in [0, 0.1) is 0 Å². The minimum absolute atomic E-state index is 0.0841. The molecule has 2 aromatic carbocycles. The van der Waals surface area contributed by atoms with E-state index in [4.69, 9.17) is 27.9 Å². The fourth-order valence-corrected chi connectivity index (χ4v) is 3.83. The Bertz CT molecular complexity index is 781. The number of hydrogen-bond acceptors (Lipinski definition) is 3. The molecule has 2 aromatic rings. The van der Waals surface area contributed by atoms with E-state index < -0.39 is 10.0 Å². The standard InChI is InChI=1S/C13H10BrCl2NO3S/c1-20-12-5-2-8(14)6-11(12)17-21(18,19)13-7-9(15)3-4-10(13)16/h2-7,17H,1H3. The molecule has 0 aliphatic carbocycles. The molecule has 1 N–H and O–H groups in total. The van der Waals surface area contributed by atoms with Crippen LogP contribution in [0.2, 0.25) is 10.0 Å². The number of nitrogens with one attached hydrogen (secondary N) is 1. The third-order valence-electron chi connectivity index (χ3n) is 2.59. The highest BCUT2D eigenvalue weighted by Gasteiger charge is 2.20. The van der Waals surface area contributed by atoms with E-state index in [1.807, 2.05) is 0 Å². The Morgan fingerprint density at radius 3 is 2.52 bits per heavy atom. The molecule has 0 saturated heterocycles. The van der Waals surface area contributed by atoms with E-state index >= 15 is 0 Å². The number of rotatable bonds is 4. The summed E-state index contributed by atoms with van der Waals surface area (Å²) >= 11 is 15.0. The second-order valence-corrected chi connectivity index (χ2v) is 7.43. The van der Waals surface area contributed by atoms with Crippen LogP contribution in [0.15, 0.2) is 45.8 Å². The lowest BCUT2D eigenvalue weighted by atomic mass is 10.3. The minimum atomic E-state index is -3.88. The molecule has 8 heteroatoms. The third kappa shape index (κ3) is 3.83. The summed E-state index contributed by atoms with van der Waals surface area (Å²) in [4.78, 5) is -0.0984.